The third-order valence-electron chi connectivity index (χ3n) is 2.66. The number of nitrogens with one attached hydrogen (secondary N) is 1. The van der Waals surface area contributed by atoms with Crippen molar-refractivity contribution in [3.63, 3.8) is 0 Å². The minimum Gasteiger partial charge on any atom is -0.478 e. The summed E-state index contributed by atoms with van der Waals surface area (Å²) in [6.45, 7) is 10.6. The van der Waals surface area contributed by atoms with Crippen molar-refractivity contribution in [3.05, 3.63) is 11.9 Å². The molecule has 5 nitrogen and oxygen atoms in total. The monoisotopic (exact) mass is 281 g/mol. The molecular formula is C15H27N3O2. The molecule has 0 aliphatic carbocycles. The van der Waals surface area contributed by atoms with Crippen molar-refractivity contribution in [1.82, 2.24) is 9.97 Å². The fourth-order valence-corrected chi connectivity index (χ4v) is 1.56. The highest BCUT2D eigenvalue weighted by Crippen LogP contribution is 2.23. The van der Waals surface area contributed by atoms with E-state index in [2.05, 4.69) is 43.0 Å². The summed E-state index contributed by atoms with van der Waals surface area (Å²) < 4.78 is 10.7. The Morgan fingerprint density at radius 1 is 1.20 bits per heavy atom. The van der Waals surface area contributed by atoms with Gasteiger partial charge in [-0.05, 0) is 12.8 Å². The molecule has 114 valence electrons. The van der Waals surface area contributed by atoms with Crippen LogP contribution in [0.1, 0.15) is 46.4 Å². The molecule has 0 aliphatic rings. The second-order valence-electron chi connectivity index (χ2n) is 5.79. The summed E-state index contributed by atoms with van der Waals surface area (Å²) in [6.07, 6.45) is 1.90. The first-order chi connectivity index (χ1) is 9.47. The first-order valence-corrected chi connectivity index (χ1v) is 7.22. The largest absolute Gasteiger partial charge is 0.478 e. The van der Waals surface area contributed by atoms with Crippen LogP contribution < -0.4 is 10.1 Å². The second kappa shape index (κ2) is 8.04. The number of ether oxygens (including phenoxy) is 2. The molecule has 0 spiro atoms. The first-order valence-electron chi connectivity index (χ1n) is 7.22. The van der Waals surface area contributed by atoms with Crippen molar-refractivity contribution in [3.8, 4) is 5.88 Å². The average Bonchev–Trinajstić information content (AvgIpc) is 2.40. The van der Waals surface area contributed by atoms with Crippen LogP contribution in [0.3, 0.4) is 0 Å². The number of rotatable bonds is 8. The number of anilines is 1. The molecule has 1 heterocycles. The van der Waals surface area contributed by atoms with Gasteiger partial charge in [-0.3, -0.25) is 0 Å². The van der Waals surface area contributed by atoms with Crippen LogP contribution in [-0.4, -0.2) is 36.8 Å². The molecule has 20 heavy (non-hydrogen) atoms. The fourth-order valence-electron chi connectivity index (χ4n) is 1.56. The smallest absolute Gasteiger partial charge is 0.218 e. The van der Waals surface area contributed by atoms with Gasteiger partial charge in [-0.1, -0.05) is 27.7 Å². The van der Waals surface area contributed by atoms with E-state index in [1.165, 1.54) is 0 Å². The molecule has 1 rings (SSSR count). The zero-order valence-corrected chi connectivity index (χ0v) is 13.3. The van der Waals surface area contributed by atoms with Gasteiger partial charge in [-0.15, -0.1) is 0 Å². The summed E-state index contributed by atoms with van der Waals surface area (Å²) in [5.41, 5.74) is -0.103. The minimum absolute atomic E-state index is 0.103. The van der Waals surface area contributed by atoms with Gasteiger partial charge in [0.05, 0.1) is 6.61 Å². The van der Waals surface area contributed by atoms with Crippen LogP contribution >= 0.6 is 0 Å². The summed E-state index contributed by atoms with van der Waals surface area (Å²) in [6, 6.07) is 1.86. The number of methoxy groups -OCH3 is 1. The zero-order chi connectivity index (χ0) is 15.0. The van der Waals surface area contributed by atoms with Gasteiger partial charge in [-0.25, -0.2) is 4.98 Å². The highest BCUT2D eigenvalue weighted by molar-refractivity contribution is 5.39. The van der Waals surface area contributed by atoms with Crippen molar-refractivity contribution in [2.24, 2.45) is 0 Å². The molecule has 5 heteroatoms. The zero-order valence-electron chi connectivity index (χ0n) is 13.3. The van der Waals surface area contributed by atoms with Gasteiger partial charge in [0.2, 0.25) is 5.88 Å². The molecule has 1 N–H and O–H groups in total. The normalized spacial score (nSPS) is 11.4. The molecule has 0 atom stereocenters. The molecule has 0 radical (unpaired) electrons. The van der Waals surface area contributed by atoms with Gasteiger partial charge < -0.3 is 14.8 Å². The summed E-state index contributed by atoms with van der Waals surface area (Å²) >= 11 is 0. The Kier molecular flexibility index (Phi) is 6.71. The van der Waals surface area contributed by atoms with Crippen molar-refractivity contribution in [2.45, 2.75) is 46.0 Å². The average molecular weight is 281 g/mol. The van der Waals surface area contributed by atoms with Gasteiger partial charge in [0, 0.05) is 31.7 Å². The van der Waals surface area contributed by atoms with Crippen LogP contribution in [0.5, 0.6) is 5.88 Å². The standard InChI is InChI=1S/C15H27N3O2/c1-6-9-20-13-11-12(16-8-7-10-19-5)17-14(18-13)15(2,3)4/h11H,6-10H2,1-5H3,(H,16,17,18). The molecule has 0 aromatic carbocycles. The lowest BCUT2D eigenvalue weighted by Crippen LogP contribution is -2.18. The van der Waals surface area contributed by atoms with Crippen LogP contribution in [0, 0.1) is 0 Å². The molecule has 0 saturated heterocycles. The molecule has 0 unspecified atom stereocenters. The van der Waals surface area contributed by atoms with Gasteiger partial charge in [0.1, 0.15) is 11.6 Å². The number of hydrogen-bond acceptors (Lipinski definition) is 5. The summed E-state index contributed by atoms with van der Waals surface area (Å²) in [7, 11) is 1.71. The van der Waals surface area contributed by atoms with Crippen LogP contribution in [0.4, 0.5) is 5.82 Å². The van der Waals surface area contributed by atoms with E-state index >= 15 is 0 Å². The quantitative estimate of drug-likeness (QED) is 0.742. The Balaban J connectivity index is 2.80. The summed E-state index contributed by atoms with van der Waals surface area (Å²) in [4.78, 5) is 9.06. The van der Waals surface area contributed by atoms with Gasteiger partial charge in [0.15, 0.2) is 0 Å². The lowest BCUT2D eigenvalue weighted by molar-refractivity contribution is 0.197. The van der Waals surface area contributed by atoms with Crippen molar-refractivity contribution < 1.29 is 9.47 Å². The maximum Gasteiger partial charge on any atom is 0.218 e. The highest BCUT2D eigenvalue weighted by Gasteiger charge is 2.19. The highest BCUT2D eigenvalue weighted by atomic mass is 16.5. The minimum atomic E-state index is -0.103. The lowest BCUT2D eigenvalue weighted by atomic mass is 9.96. The SMILES string of the molecule is CCCOc1cc(NCCCOC)nc(C(C)(C)C)n1. The number of aromatic nitrogens is 2. The van der Waals surface area contributed by atoms with E-state index in [9.17, 15) is 0 Å². The molecule has 0 amide bonds. The molecule has 1 aromatic rings. The molecule has 1 aromatic heterocycles. The molecular weight excluding hydrogens is 254 g/mol. The van der Waals surface area contributed by atoms with Crippen LogP contribution in [0.15, 0.2) is 6.07 Å². The maximum absolute atomic E-state index is 5.64. The molecule has 0 bridgehead atoms. The Morgan fingerprint density at radius 3 is 2.55 bits per heavy atom. The van der Waals surface area contributed by atoms with Crippen molar-refractivity contribution >= 4 is 5.82 Å². The van der Waals surface area contributed by atoms with Crippen LogP contribution in [0.25, 0.3) is 0 Å². The maximum atomic E-state index is 5.64. The van der Waals surface area contributed by atoms with Crippen molar-refractivity contribution in [1.29, 1.82) is 0 Å². The van der Waals surface area contributed by atoms with E-state index in [1.54, 1.807) is 7.11 Å². The molecule has 0 saturated carbocycles. The Hall–Kier alpha value is -1.36. The predicted molar refractivity (Wildman–Crippen MR) is 81.5 cm³/mol. The number of nitrogens with zero attached hydrogens (tertiary/aromatic N) is 2. The Morgan fingerprint density at radius 2 is 1.95 bits per heavy atom. The predicted octanol–water partition coefficient (Wildman–Crippen LogP) is 3.01. The first kappa shape index (κ1) is 16.7. The van der Waals surface area contributed by atoms with Gasteiger partial charge in [-0.2, -0.15) is 4.98 Å². The lowest BCUT2D eigenvalue weighted by Gasteiger charge is -2.19. The van der Waals surface area contributed by atoms with Crippen LogP contribution in [0.2, 0.25) is 0 Å². The van der Waals surface area contributed by atoms with Gasteiger partial charge >= 0.3 is 0 Å². The summed E-state index contributed by atoms with van der Waals surface area (Å²) in [5, 5.41) is 3.30. The van der Waals surface area contributed by atoms with E-state index in [0.717, 1.165) is 37.6 Å². The van der Waals surface area contributed by atoms with Crippen LogP contribution in [-0.2, 0) is 10.2 Å². The molecule has 0 aliphatic heterocycles. The third-order valence-corrected chi connectivity index (χ3v) is 2.66. The Bertz CT molecular complexity index is 403. The van der Waals surface area contributed by atoms with E-state index in [-0.39, 0.29) is 5.41 Å². The third kappa shape index (κ3) is 5.74. The molecule has 0 fully saturated rings. The van der Waals surface area contributed by atoms with Crippen molar-refractivity contribution in [2.75, 3.05) is 32.2 Å². The van der Waals surface area contributed by atoms with E-state index in [1.807, 2.05) is 6.07 Å². The Labute approximate surface area is 122 Å². The fraction of sp³-hybridized carbons (Fsp3) is 0.733. The second-order valence-corrected chi connectivity index (χ2v) is 5.79. The number of hydrogen-bond donors (Lipinski definition) is 1. The van der Waals surface area contributed by atoms with E-state index in [0.29, 0.717) is 12.5 Å². The van der Waals surface area contributed by atoms with Gasteiger partial charge in [0.25, 0.3) is 0 Å². The van der Waals surface area contributed by atoms with E-state index < -0.39 is 0 Å². The topological polar surface area (TPSA) is 56.3 Å². The van der Waals surface area contributed by atoms with E-state index in [4.69, 9.17) is 9.47 Å². The summed E-state index contributed by atoms with van der Waals surface area (Å²) in [5.74, 6) is 2.24.